The molecule has 27 heavy (non-hydrogen) atoms. The Morgan fingerprint density at radius 3 is 2.44 bits per heavy atom. The number of aromatic hydroxyl groups is 1. The van der Waals surface area contributed by atoms with E-state index < -0.39 is 5.82 Å². The molecule has 0 aliphatic carbocycles. The summed E-state index contributed by atoms with van der Waals surface area (Å²) in [6.07, 6.45) is 0. The highest BCUT2D eigenvalue weighted by Gasteiger charge is 2.06. The maximum Gasteiger partial charge on any atom is 0.221 e. The molecular weight excluding hydrogens is 363 g/mol. The van der Waals surface area contributed by atoms with E-state index >= 15 is 0 Å². The Balaban J connectivity index is 1.70. The Bertz CT molecular complexity index is 945. The van der Waals surface area contributed by atoms with Gasteiger partial charge in [-0.3, -0.25) is 4.79 Å². The van der Waals surface area contributed by atoms with Gasteiger partial charge < -0.3 is 15.7 Å². The van der Waals surface area contributed by atoms with Crippen LogP contribution in [0.15, 0.2) is 76.5 Å². The molecule has 0 aliphatic rings. The standard InChI is InChI=1S/C21H19FN2O2S/c1-14(25)24-16-6-9-18(10-7-16)27-21-5-3-2-4-15(21)13-23-17-8-11-20(26)19(22)12-17/h2-12,23,26H,13H2,1H3,(H,24,25). The van der Waals surface area contributed by atoms with Crippen LogP contribution in [0.2, 0.25) is 0 Å². The molecule has 3 aromatic rings. The average Bonchev–Trinajstić information content (AvgIpc) is 2.65. The molecule has 0 heterocycles. The van der Waals surface area contributed by atoms with Gasteiger partial charge in [0.05, 0.1) is 0 Å². The van der Waals surface area contributed by atoms with Gasteiger partial charge in [0.1, 0.15) is 0 Å². The van der Waals surface area contributed by atoms with Crippen LogP contribution in [0, 0.1) is 5.82 Å². The third-order valence-corrected chi connectivity index (χ3v) is 4.93. The van der Waals surface area contributed by atoms with Crippen LogP contribution in [-0.2, 0) is 11.3 Å². The zero-order chi connectivity index (χ0) is 19.2. The van der Waals surface area contributed by atoms with Gasteiger partial charge in [-0.1, -0.05) is 30.0 Å². The first-order chi connectivity index (χ1) is 13.0. The predicted molar refractivity (Wildman–Crippen MR) is 107 cm³/mol. The second kappa shape index (κ2) is 8.60. The normalized spacial score (nSPS) is 10.4. The predicted octanol–water partition coefficient (Wildman–Crippen LogP) is 5.25. The van der Waals surface area contributed by atoms with Gasteiger partial charge in [-0.25, -0.2) is 4.39 Å². The van der Waals surface area contributed by atoms with E-state index in [2.05, 4.69) is 10.6 Å². The third kappa shape index (κ3) is 5.24. The summed E-state index contributed by atoms with van der Waals surface area (Å²) in [5.41, 5.74) is 2.43. The molecule has 0 saturated carbocycles. The number of hydrogen-bond acceptors (Lipinski definition) is 4. The number of carbonyl (C=O) groups is 1. The molecule has 3 aromatic carbocycles. The number of anilines is 2. The summed E-state index contributed by atoms with van der Waals surface area (Å²) >= 11 is 1.62. The van der Waals surface area contributed by atoms with Crippen LogP contribution < -0.4 is 10.6 Å². The number of rotatable bonds is 6. The molecule has 0 saturated heterocycles. The van der Waals surface area contributed by atoms with Crippen molar-refractivity contribution in [1.29, 1.82) is 0 Å². The number of phenols is 1. The summed E-state index contributed by atoms with van der Waals surface area (Å²) < 4.78 is 13.5. The van der Waals surface area contributed by atoms with Crippen LogP contribution in [0.1, 0.15) is 12.5 Å². The van der Waals surface area contributed by atoms with Crippen LogP contribution in [0.5, 0.6) is 5.75 Å². The Morgan fingerprint density at radius 1 is 1.04 bits per heavy atom. The van der Waals surface area contributed by atoms with E-state index in [1.165, 1.54) is 19.1 Å². The zero-order valence-electron chi connectivity index (χ0n) is 14.7. The van der Waals surface area contributed by atoms with E-state index in [1.54, 1.807) is 17.8 Å². The lowest BCUT2D eigenvalue weighted by Crippen LogP contribution is -2.05. The number of amides is 1. The molecule has 138 valence electrons. The van der Waals surface area contributed by atoms with Crippen molar-refractivity contribution in [3.8, 4) is 5.75 Å². The van der Waals surface area contributed by atoms with Gasteiger partial charge in [-0.05, 0) is 48.0 Å². The lowest BCUT2D eigenvalue weighted by atomic mass is 10.2. The number of carbonyl (C=O) groups excluding carboxylic acids is 1. The van der Waals surface area contributed by atoms with Gasteiger partial charge >= 0.3 is 0 Å². The minimum atomic E-state index is -0.651. The molecule has 0 unspecified atom stereocenters. The first-order valence-corrected chi connectivity index (χ1v) is 9.19. The molecule has 0 aromatic heterocycles. The second-order valence-electron chi connectivity index (χ2n) is 5.94. The maximum absolute atomic E-state index is 13.5. The van der Waals surface area contributed by atoms with Crippen molar-refractivity contribution >= 4 is 29.0 Å². The first kappa shape index (κ1) is 18.8. The van der Waals surface area contributed by atoms with Gasteiger partial charge in [-0.2, -0.15) is 0 Å². The van der Waals surface area contributed by atoms with Crippen LogP contribution in [0.3, 0.4) is 0 Å². The van der Waals surface area contributed by atoms with Gasteiger partial charge in [0.15, 0.2) is 11.6 Å². The molecule has 0 spiro atoms. The average molecular weight is 382 g/mol. The lowest BCUT2D eigenvalue weighted by molar-refractivity contribution is -0.114. The largest absolute Gasteiger partial charge is 0.505 e. The van der Waals surface area contributed by atoms with Crippen LogP contribution in [-0.4, -0.2) is 11.0 Å². The highest BCUT2D eigenvalue weighted by Crippen LogP contribution is 2.31. The van der Waals surface area contributed by atoms with Crippen molar-refractivity contribution < 1.29 is 14.3 Å². The fourth-order valence-electron chi connectivity index (χ4n) is 2.50. The number of benzene rings is 3. The maximum atomic E-state index is 13.5. The molecule has 3 N–H and O–H groups in total. The summed E-state index contributed by atoms with van der Waals surface area (Å²) in [5.74, 6) is -1.11. The van der Waals surface area contributed by atoms with E-state index in [4.69, 9.17) is 0 Å². The van der Waals surface area contributed by atoms with Gasteiger partial charge in [0.2, 0.25) is 5.91 Å². The zero-order valence-corrected chi connectivity index (χ0v) is 15.5. The molecule has 0 atom stereocenters. The van der Waals surface area contributed by atoms with Gasteiger partial charge in [0.25, 0.3) is 0 Å². The summed E-state index contributed by atoms with van der Waals surface area (Å²) in [6, 6.07) is 19.8. The molecular formula is C21H19FN2O2S. The summed E-state index contributed by atoms with van der Waals surface area (Å²) in [5, 5.41) is 15.2. The van der Waals surface area contributed by atoms with Crippen molar-refractivity contribution in [2.75, 3.05) is 10.6 Å². The molecule has 6 heteroatoms. The van der Waals surface area contributed by atoms with Gasteiger partial charge in [-0.15, -0.1) is 0 Å². The molecule has 0 radical (unpaired) electrons. The summed E-state index contributed by atoms with van der Waals surface area (Å²) in [6.45, 7) is 2.00. The molecule has 0 fully saturated rings. The quantitative estimate of drug-likeness (QED) is 0.510. The van der Waals surface area contributed by atoms with Crippen molar-refractivity contribution in [2.45, 2.75) is 23.3 Å². The number of phenolic OH excluding ortho intramolecular Hbond substituents is 1. The monoisotopic (exact) mass is 382 g/mol. The van der Waals surface area contributed by atoms with Crippen LogP contribution in [0.25, 0.3) is 0 Å². The van der Waals surface area contributed by atoms with E-state index in [0.29, 0.717) is 12.2 Å². The van der Waals surface area contributed by atoms with Gasteiger partial charge in [0, 0.05) is 40.7 Å². The Morgan fingerprint density at radius 2 is 1.74 bits per heavy atom. The highest BCUT2D eigenvalue weighted by atomic mass is 32.2. The number of nitrogens with one attached hydrogen (secondary N) is 2. The molecule has 3 rings (SSSR count). The van der Waals surface area contributed by atoms with Crippen molar-refractivity contribution in [2.24, 2.45) is 0 Å². The highest BCUT2D eigenvalue weighted by molar-refractivity contribution is 7.99. The minimum absolute atomic E-state index is 0.0995. The van der Waals surface area contributed by atoms with E-state index in [0.717, 1.165) is 21.0 Å². The van der Waals surface area contributed by atoms with Crippen molar-refractivity contribution in [1.82, 2.24) is 0 Å². The third-order valence-electron chi connectivity index (χ3n) is 3.81. The first-order valence-electron chi connectivity index (χ1n) is 8.37. The van der Waals surface area contributed by atoms with Crippen molar-refractivity contribution in [3.05, 3.63) is 78.1 Å². The minimum Gasteiger partial charge on any atom is -0.505 e. The van der Waals surface area contributed by atoms with Crippen LogP contribution in [0.4, 0.5) is 15.8 Å². The molecule has 1 amide bonds. The fourth-order valence-corrected chi connectivity index (χ4v) is 3.44. The Labute approximate surface area is 161 Å². The number of hydrogen-bond donors (Lipinski definition) is 3. The Kier molecular flexibility index (Phi) is 5.98. The Hall–Kier alpha value is -2.99. The smallest absolute Gasteiger partial charge is 0.221 e. The molecule has 4 nitrogen and oxygen atoms in total. The molecule has 0 aliphatic heterocycles. The van der Waals surface area contributed by atoms with E-state index in [9.17, 15) is 14.3 Å². The summed E-state index contributed by atoms with van der Waals surface area (Å²) in [4.78, 5) is 13.2. The van der Waals surface area contributed by atoms with E-state index in [-0.39, 0.29) is 11.7 Å². The fraction of sp³-hybridized carbons (Fsp3) is 0.0952. The van der Waals surface area contributed by atoms with Crippen LogP contribution >= 0.6 is 11.8 Å². The molecule has 0 bridgehead atoms. The van der Waals surface area contributed by atoms with Crippen molar-refractivity contribution in [3.63, 3.8) is 0 Å². The summed E-state index contributed by atoms with van der Waals surface area (Å²) in [7, 11) is 0. The second-order valence-corrected chi connectivity index (χ2v) is 7.05. The van der Waals surface area contributed by atoms with E-state index in [1.807, 2.05) is 48.5 Å². The lowest BCUT2D eigenvalue weighted by Gasteiger charge is -2.12. The topological polar surface area (TPSA) is 61.4 Å². The number of halogens is 1. The SMILES string of the molecule is CC(=O)Nc1ccc(Sc2ccccc2CNc2ccc(O)c(F)c2)cc1.